The smallest absolute Gasteiger partial charge is 0.0445 e. The lowest BCUT2D eigenvalue weighted by molar-refractivity contribution is 0.586. The normalized spacial score (nSPS) is 15.0. The van der Waals surface area contributed by atoms with Crippen molar-refractivity contribution < 1.29 is 0 Å². The Balaban J connectivity index is 2.16. The molecule has 0 saturated heterocycles. The van der Waals surface area contributed by atoms with E-state index in [4.69, 9.17) is 0 Å². The van der Waals surface area contributed by atoms with Crippen LogP contribution >= 0.6 is 0 Å². The highest BCUT2D eigenvalue weighted by Gasteiger charge is 2.21. The van der Waals surface area contributed by atoms with Crippen molar-refractivity contribution in [3.05, 3.63) is 23.5 Å². The summed E-state index contributed by atoms with van der Waals surface area (Å²) in [4.78, 5) is 6.89. The maximum absolute atomic E-state index is 4.46. The number of aromatic nitrogens is 1. The third kappa shape index (κ3) is 3.69. The van der Waals surface area contributed by atoms with Gasteiger partial charge in [0, 0.05) is 48.8 Å². The Morgan fingerprint density at radius 2 is 2.05 bits per heavy atom. The first-order chi connectivity index (χ1) is 9.15. The molecule has 3 heteroatoms. The van der Waals surface area contributed by atoms with Crippen molar-refractivity contribution >= 4 is 5.69 Å². The lowest BCUT2D eigenvalue weighted by Crippen LogP contribution is -2.32. The fourth-order valence-corrected chi connectivity index (χ4v) is 2.61. The lowest BCUT2D eigenvalue weighted by Gasteiger charge is -2.30. The number of nitrogens with zero attached hydrogens (tertiary/aromatic N) is 2. The van der Waals surface area contributed by atoms with Gasteiger partial charge >= 0.3 is 0 Å². The summed E-state index contributed by atoms with van der Waals surface area (Å²) in [5.74, 6) is 0. The Morgan fingerprint density at radius 1 is 1.37 bits per heavy atom. The van der Waals surface area contributed by atoms with Gasteiger partial charge in [0.25, 0.3) is 0 Å². The van der Waals surface area contributed by atoms with E-state index in [2.05, 4.69) is 49.1 Å². The van der Waals surface area contributed by atoms with Crippen molar-refractivity contribution in [2.24, 2.45) is 0 Å². The van der Waals surface area contributed by atoms with Crippen molar-refractivity contribution in [3.8, 4) is 0 Å². The average molecular weight is 261 g/mol. The van der Waals surface area contributed by atoms with Crippen molar-refractivity contribution in [2.75, 3.05) is 11.9 Å². The zero-order valence-corrected chi connectivity index (χ0v) is 12.7. The van der Waals surface area contributed by atoms with Crippen LogP contribution in [0.1, 0.15) is 50.8 Å². The average Bonchev–Trinajstić information content (AvgIpc) is 3.22. The van der Waals surface area contributed by atoms with Gasteiger partial charge in [0.15, 0.2) is 0 Å². The Kier molecular flexibility index (Phi) is 4.81. The Bertz CT molecular complexity index is 408. The molecule has 106 valence electrons. The lowest BCUT2D eigenvalue weighted by atomic mass is 10.1. The molecule has 0 atom stereocenters. The minimum Gasteiger partial charge on any atom is -0.371 e. The standard InChI is InChI=1S/C16H27N3/c1-5-15(6-2)19(4)16-9-12(3)17-10-13(16)11-18-14-7-8-14/h9-10,14-15,18H,5-8,11H2,1-4H3. The second-order valence-corrected chi connectivity index (χ2v) is 5.69. The van der Waals surface area contributed by atoms with Crippen molar-refractivity contribution in [1.82, 2.24) is 10.3 Å². The highest BCUT2D eigenvalue weighted by Crippen LogP contribution is 2.25. The number of pyridine rings is 1. The minimum atomic E-state index is 0.612. The fraction of sp³-hybridized carbons (Fsp3) is 0.688. The number of aryl methyl sites for hydroxylation is 1. The van der Waals surface area contributed by atoms with Crippen LogP contribution in [0.4, 0.5) is 5.69 Å². The molecule has 1 aromatic heterocycles. The first-order valence-electron chi connectivity index (χ1n) is 7.57. The Labute approximate surface area is 117 Å². The molecule has 1 N–H and O–H groups in total. The van der Waals surface area contributed by atoms with Gasteiger partial charge in [-0.1, -0.05) is 13.8 Å². The second kappa shape index (κ2) is 6.38. The first-order valence-corrected chi connectivity index (χ1v) is 7.57. The van der Waals surface area contributed by atoms with E-state index in [9.17, 15) is 0 Å². The number of rotatable bonds is 7. The summed E-state index contributed by atoms with van der Waals surface area (Å²) < 4.78 is 0. The fourth-order valence-electron chi connectivity index (χ4n) is 2.61. The monoisotopic (exact) mass is 261 g/mol. The number of nitrogens with one attached hydrogen (secondary N) is 1. The van der Waals surface area contributed by atoms with E-state index in [1.807, 2.05) is 6.20 Å². The molecule has 0 bridgehead atoms. The van der Waals surface area contributed by atoms with Gasteiger partial charge in [-0.3, -0.25) is 4.98 Å². The predicted octanol–water partition coefficient (Wildman–Crippen LogP) is 3.27. The molecular weight excluding hydrogens is 234 g/mol. The van der Waals surface area contributed by atoms with Gasteiger partial charge < -0.3 is 10.2 Å². The van der Waals surface area contributed by atoms with Crippen LogP contribution < -0.4 is 10.2 Å². The van der Waals surface area contributed by atoms with Crippen LogP contribution in [0.3, 0.4) is 0 Å². The third-order valence-electron chi connectivity index (χ3n) is 4.13. The van der Waals surface area contributed by atoms with Crippen LogP contribution in [0, 0.1) is 6.92 Å². The maximum atomic E-state index is 4.46. The molecule has 0 amide bonds. The highest BCUT2D eigenvalue weighted by atomic mass is 15.1. The molecule has 1 aliphatic rings. The number of hydrogen-bond acceptors (Lipinski definition) is 3. The zero-order chi connectivity index (χ0) is 13.8. The van der Waals surface area contributed by atoms with Crippen LogP contribution in [-0.4, -0.2) is 24.1 Å². The minimum absolute atomic E-state index is 0.612. The number of anilines is 1. The first kappa shape index (κ1) is 14.3. The van der Waals surface area contributed by atoms with Crippen molar-refractivity contribution in [2.45, 2.75) is 65.1 Å². The summed E-state index contributed by atoms with van der Waals surface area (Å²) in [5, 5.41) is 3.60. The van der Waals surface area contributed by atoms with Crippen molar-refractivity contribution in [3.63, 3.8) is 0 Å². The topological polar surface area (TPSA) is 28.2 Å². The Morgan fingerprint density at radius 3 is 2.63 bits per heavy atom. The molecule has 1 heterocycles. The number of hydrogen-bond donors (Lipinski definition) is 1. The molecule has 19 heavy (non-hydrogen) atoms. The van der Waals surface area contributed by atoms with Crippen LogP contribution in [0.15, 0.2) is 12.3 Å². The van der Waals surface area contributed by atoms with Gasteiger partial charge in [0.1, 0.15) is 0 Å². The molecule has 0 aromatic carbocycles. The summed E-state index contributed by atoms with van der Waals surface area (Å²) >= 11 is 0. The third-order valence-corrected chi connectivity index (χ3v) is 4.13. The molecule has 0 radical (unpaired) electrons. The molecular formula is C16H27N3. The quantitative estimate of drug-likeness (QED) is 0.816. The van der Waals surface area contributed by atoms with Crippen LogP contribution in [0.5, 0.6) is 0 Å². The molecule has 2 rings (SSSR count). The SMILES string of the molecule is CCC(CC)N(C)c1cc(C)ncc1CNC1CC1. The van der Waals surface area contributed by atoms with E-state index in [0.717, 1.165) is 18.3 Å². The molecule has 0 spiro atoms. The van der Waals surface area contributed by atoms with E-state index in [1.165, 1.54) is 36.9 Å². The summed E-state index contributed by atoms with van der Waals surface area (Å²) in [5.41, 5.74) is 3.77. The molecule has 0 aliphatic heterocycles. The molecule has 1 aliphatic carbocycles. The maximum Gasteiger partial charge on any atom is 0.0445 e. The van der Waals surface area contributed by atoms with Gasteiger partial charge in [0.2, 0.25) is 0 Å². The van der Waals surface area contributed by atoms with Gasteiger partial charge in [0.05, 0.1) is 0 Å². The summed E-state index contributed by atoms with van der Waals surface area (Å²) in [6.45, 7) is 7.54. The molecule has 1 saturated carbocycles. The van der Waals surface area contributed by atoms with Gasteiger partial charge in [-0.2, -0.15) is 0 Å². The van der Waals surface area contributed by atoms with Gasteiger partial charge in [-0.15, -0.1) is 0 Å². The zero-order valence-electron chi connectivity index (χ0n) is 12.7. The summed E-state index contributed by atoms with van der Waals surface area (Å²) in [7, 11) is 2.22. The largest absolute Gasteiger partial charge is 0.371 e. The van der Waals surface area contributed by atoms with E-state index in [0.29, 0.717) is 6.04 Å². The van der Waals surface area contributed by atoms with E-state index in [1.54, 1.807) is 0 Å². The summed E-state index contributed by atoms with van der Waals surface area (Å²) in [6, 6.07) is 3.58. The van der Waals surface area contributed by atoms with Crippen LogP contribution in [-0.2, 0) is 6.54 Å². The highest BCUT2D eigenvalue weighted by molar-refractivity contribution is 5.53. The van der Waals surface area contributed by atoms with Crippen LogP contribution in [0.2, 0.25) is 0 Å². The van der Waals surface area contributed by atoms with E-state index >= 15 is 0 Å². The van der Waals surface area contributed by atoms with Crippen LogP contribution in [0.25, 0.3) is 0 Å². The Hall–Kier alpha value is -1.09. The van der Waals surface area contributed by atoms with Crippen molar-refractivity contribution in [1.29, 1.82) is 0 Å². The molecule has 1 fully saturated rings. The summed E-state index contributed by atoms with van der Waals surface area (Å²) in [6.07, 6.45) is 7.07. The molecule has 0 unspecified atom stereocenters. The predicted molar refractivity (Wildman–Crippen MR) is 81.6 cm³/mol. The van der Waals surface area contributed by atoms with Gasteiger partial charge in [-0.05, 0) is 38.7 Å². The second-order valence-electron chi connectivity index (χ2n) is 5.69. The van der Waals surface area contributed by atoms with E-state index < -0.39 is 0 Å². The van der Waals surface area contributed by atoms with E-state index in [-0.39, 0.29) is 0 Å². The molecule has 1 aromatic rings. The molecule has 3 nitrogen and oxygen atoms in total. The van der Waals surface area contributed by atoms with Gasteiger partial charge in [-0.25, -0.2) is 0 Å².